The summed E-state index contributed by atoms with van der Waals surface area (Å²) >= 11 is 6.60. The molecule has 10 heteroatoms. The standard InChI is InChI=1S/C54H33N5.C42H25ClN4.C13H10/c1-2-15-36(16-3-1)57-46-23-11-9-20-41(46)42-29-26-35(32-51(42)57)53-43-21-6-10-22-45(43)55-54(56-53)59-49-31-28-37(33-44(49)52-38-17-5-4-14-34(38)27-30-50(52)59)58-47-24-12-7-18-39(47)40-19-8-13-25-48(40)58;43-28-20-23-37-34(25-28)40-30-13-5-4-10-26(30)19-22-38(40)47(37)42-44-35-16-8-6-15-33(35)41(45-42)27-18-21-32-31-14-7-9-17-36(31)46(39(32)24-27)29-11-2-1-3-12-29;1-3-7-12-10(5-1)9-11-6-2-4-8-13(11)12/h1-33H;1-25H;1-8H,9H2. The smallest absolute Gasteiger partial charge is 0.235 e. The molecule has 0 spiro atoms. The molecule has 0 saturated carbocycles. The van der Waals surface area contributed by atoms with Gasteiger partial charge >= 0.3 is 0 Å². The summed E-state index contributed by atoms with van der Waals surface area (Å²) in [4.78, 5) is 21.5. The van der Waals surface area contributed by atoms with Crippen LogP contribution in [0.25, 0.3) is 215 Å². The third-order valence-electron chi connectivity index (χ3n) is 24.3. The Bertz CT molecular complexity index is 8400. The van der Waals surface area contributed by atoms with Gasteiger partial charge in [0.15, 0.2) is 0 Å². The molecule has 7 heterocycles. The molecule has 26 rings (SSSR count). The lowest BCUT2D eigenvalue weighted by Gasteiger charge is -2.13. The lowest BCUT2D eigenvalue weighted by Crippen LogP contribution is -2.03. The second-order valence-electron chi connectivity index (χ2n) is 30.9. The van der Waals surface area contributed by atoms with Gasteiger partial charge in [-0.3, -0.25) is 9.13 Å². The number of hydrogen-bond acceptors (Lipinski definition) is 4. The molecule has 1 aliphatic carbocycles. The second kappa shape index (κ2) is 27.3. The van der Waals surface area contributed by atoms with Crippen LogP contribution in [0, 0.1) is 0 Å². The fraction of sp³-hybridized carbons (Fsp3) is 0.00917. The van der Waals surface area contributed by atoms with Gasteiger partial charge in [-0.25, -0.2) is 19.9 Å². The quantitative estimate of drug-likeness (QED) is 0.159. The maximum Gasteiger partial charge on any atom is 0.235 e. The fourth-order valence-electron chi connectivity index (χ4n) is 19.1. The normalized spacial score (nSPS) is 12.0. The van der Waals surface area contributed by atoms with E-state index in [1.54, 1.807) is 0 Å². The molecule has 0 amide bonds. The summed E-state index contributed by atoms with van der Waals surface area (Å²) < 4.78 is 11.6. The average molecular weight is 1540 g/mol. The number of nitrogens with zero attached hydrogens (tertiary/aromatic N) is 9. The van der Waals surface area contributed by atoms with Crippen molar-refractivity contribution in [1.29, 1.82) is 0 Å². The van der Waals surface area contributed by atoms with E-state index in [0.717, 1.165) is 117 Å². The van der Waals surface area contributed by atoms with Gasteiger partial charge in [-0.15, -0.1) is 0 Å². The molecule has 556 valence electrons. The Morgan fingerprint density at radius 3 is 1.02 bits per heavy atom. The van der Waals surface area contributed by atoms with E-state index in [1.807, 2.05) is 12.1 Å². The molecule has 1 aliphatic rings. The van der Waals surface area contributed by atoms with Crippen molar-refractivity contribution in [2.45, 2.75) is 6.42 Å². The third kappa shape index (κ3) is 10.9. The topological polar surface area (TPSA) is 76.2 Å². The monoisotopic (exact) mass is 1540 g/mol. The van der Waals surface area contributed by atoms with Gasteiger partial charge in [-0.2, -0.15) is 0 Å². The Morgan fingerprint density at radius 1 is 0.210 bits per heavy atom. The summed E-state index contributed by atoms with van der Waals surface area (Å²) in [5.41, 5.74) is 26.0. The summed E-state index contributed by atoms with van der Waals surface area (Å²) in [6.07, 6.45) is 1.10. The van der Waals surface area contributed by atoms with Gasteiger partial charge in [0, 0.05) is 97.8 Å². The highest BCUT2D eigenvalue weighted by Gasteiger charge is 2.26. The number of hydrogen-bond donors (Lipinski definition) is 0. The molecule has 9 nitrogen and oxygen atoms in total. The van der Waals surface area contributed by atoms with Crippen LogP contribution in [-0.4, -0.2) is 42.8 Å². The zero-order valence-corrected chi connectivity index (χ0v) is 65.0. The van der Waals surface area contributed by atoms with Crippen molar-refractivity contribution in [1.82, 2.24) is 42.8 Å². The zero-order valence-electron chi connectivity index (χ0n) is 64.2. The summed E-state index contributed by atoms with van der Waals surface area (Å²) in [6, 6.07) is 142. The lowest BCUT2D eigenvalue weighted by atomic mass is 10.0. The number of fused-ring (bicyclic) bond motifs is 24. The van der Waals surface area contributed by atoms with E-state index in [2.05, 4.69) is 411 Å². The molecule has 7 aromatic heterocycles. The maximum absolute atomic E-state index is 6.60. The van der Waals surface area contributed by atoms with Gasteiger partial charge in [-0.05, 0) is 172 Å². The average Bonchev–Trinajstić information content (AvgIpc) is 1.57. The molecular weight excluding hydrogens is 1470 g/mol. The van der Waals surface area contributed by atoms with Crippen molar-refractivity contribution in [2.24, 2.45) is 0 Å². The first-order chi connectivity index (χ1) is 59.0. The van der Waals surface area contributed by atoms with Crippen molar-refractivity contribution >= 4 is 164 Å². The molecule has 0 unspecified atom stereocenters. The van der Waals surface area contributed by atoms with Crippen LogP contribution in [0.2, 0.25) is 5.02 Å². The predicted molar refractivity (Wildman–Crippen MR) is 496 cm³/mol. The van der Waals surface area contributed by atoms with Crippen LogP contribution in [0.1, 0.15) is 11.1 Å². The molecule has 0 bridgehead atoms. The highest BCUT2D eigenvalue weighted by atomic mass is 35.5. The number of para-hydroxylation sites is 8. The Balaban J connectivity index is 0.000000119. The van der Waals surface area contributed by atoms with Crippen molar-refractivity contribution in [3.63, 3.8) is 0 Å². The first-order valence-electron chi connectivity index (χ1n) is 40.4. The van der Waals surface area contributed by atoms with Gasteiger partial charge in [0.25, 0.3) is 0 Å². The molecule has 0 radical (unpaired) electrons. The van der Waals surface area contributed by atoms with Gasteiger partial charge < -0.3 is 13.7 Å². The fourth-order valence-corrected chi connectivity index (χ4v) is 19.3. The largest absolute Gasteiger partial charge is 0.309 e. The Hall–Kier alpha value is -15.6. The lowest BCUT2D eigenvalue weighted by molar-refractivity contribution is 1.01. The Labute approximate surface area is 687 Å². The van der Waals surface area contributed by atoms with Crippen LogP contribution in [-0.2, 0) is 6.42 Å². The van der Waals surface area contributed by atoms with Crippen LogP contribution in [0.5, 0.6) is 0 Å². The van der Waals surface area contributed by atoms with E-state index in [1.165, 1.54) is 104 Å². The number of halogens is 1. The van der Waals surface area contributed by atoms with Gasteiger partial charge in [0.2, 0.25) is 11.9 Å². The van der Waals surface area contributed by atoms with Crippen LogP contribution in [0.15, 0.2) is 400 Å². The minimum Gasteiger partial charge on any atom is -0.309 e. The van der Waals surface area contributed by atoms with Crippen LogP contribution in [0.4, 0.5) is 0 Å². The second-order valence-corrected chi connectivity index (χ2v) is 31.3. The molecule has 119 heavy (non-hydrogen) atoms. The molecule has 25 aromatic rings. The van der Waals surface area contributed by atoms with Crippen molar-refractivity contribution in [3.8, 4) is 62.6 Å². The SMILES string of the molecule is Clc1ccc2c(c1)c1c3ccccc3ccc1n2-c1nc(-c2ccc3c4ccccc4n(-c4ccccc4)c3c2)c2ccccc2n1.c1ccc(-n2c3ccccc3c3ccc(-c4nc(-n5c6ccc(-n7c8ccccc8c8ccccc87)cc6c6c7ccccc7ccc65)nc5ccccc45)cc32)cc1.c1ccc2c(c1)Cc1ccccc1-2. The summed E-state index contributed by atoms with van der Waals surface area (Å²) in [7, 11) is 0. The minimum absolute atomic E-state index is 0.625. The van der Waals surface area contributed by atoms with E-state index < -0.39 is 0 Å². The first kappa shape index (κ1) is 67.9. The van der Waals surface area contributed by atoms with Crippen molar-refractivity contribution in [2.75, 3.05) is 0 Å². The first-order valence-corrected chi connectivity index (χ1v) is 40.8. The van der Waals surface area contributed by atoms with Gasteiger partial charge in [0.05, 0.1) is 77.6 Å². The highest BCUT2D eigenvalue weighted by molar-refractivity contribution is 6.33. The molecule has 0 N–H and O–H groups in total. The molecule has 0 atom stereocenters. The number of benzene rings is 18. The van der Waals surface area contributed by atoms with Crippen LogP contribution >= 0.6 is 11.6 Å². The molecule has 18 aromatic carbocycles. The van der Waals surface area contributed by atoms with E-state index in [4.69, 9.17) is 31.5 Å². The maximum atomic E-state index is 6.60. The van der Waals surface area contributed by atoms with E-state index in [-0.39, 0.29) is 0 Å². The predicted octanol–water partition coefficient (Wildman–Crippen LogP) is 28.3. The summed E-state index contributed by atoms with van der Waals surface area (Å²) in [6.45, 7) is 0. The molecule has 0 aliphatic heterocycles. The number of rotatable bonds is 7. The molecular formula is C109H68ClN9. The van der Waals surface area contributed by atoms with Crippen LogP contribution in [0.3, 0.4) is 0 Å². The molecule has 0 saturated heterocycles. The Morgan fingerprint density at radius 2 is 0.555 bits per heavy atom. The minimum atomic E-state index is 0.625. The van der Waals surface area contributed by atoms with Crippen molar-refractivity contribution < 1.29 is 0 Å². The van der Waals surface area contributed by atoms with E-state index in [0.29, 0.717) is 16.9 Å². The molecule has 0 fully saturated rings. The Kier molecular flexibility index (Phi) is 15.6. The van der Waals surface area contributed by atoms with E-state index in [9.17, 15) is 0 Å². The highest BCUT2D eigenvalue weighted by Crippen LogP contribution is 2.45. The summed E-state index contributed by atoms with van der Waals surface area (Å²) in [5, 5.41) is 19.4. The van der Waals surface area contributed by atoms with Gasteiger partial charge in [-0.1, -0.05) is 291 Å². The number of aromatic nitrogens is 9. The zero-order chi connectivity index (χ0) is 78.3. The van der Waals surface area contributed by atoms with Crippen molar-refractivity contribution in [3.05, 3.63) is 417 Å². The van der Waals surface area contributed by atoms with E-state index >= 15 is 0 Å². The van der Waals surface area contributed by atoms with Crippen LogP contribution < -0.4 is 0 Å². The van der Waals surface area contributed by atoms with Gasteiger partial charge in [0.1, 0.15) is 0 Å². The summed E-state index contributed by atoms with van der Waals surface area (Å²) in [5.74, 6) is 1.27. The third-order valence-corrected chi connectivity index (χ3v) is 24.5.